The van der Waals surface area contributed by atoms with Crippen molar-refractivity contribution in [1.29, 1.82) is 0 Å². The van der Waals surface area contributed by atoms with E-state index in [1.54, 1.807) is 6.92 Å². The zero-order valence-corrected chi connectivity index (χ0v) is 15.1. The highest BCUT2D eigenvalue weighted by Gasteiger charge is 2.58. The van der Waals surface area contributed by atoms with Gasteiger partial charge in [0, 0.05) is 24.0 Å². The highest BCUT2D eigenvalue weighted by atomic mass is 16.3. The molecule has 1 fully saturated rings. The number of para-hydroxylation sites is 1. The summed E-state index contributed by atoms with van der Waals surface area (Å²) in [6.07, 6.45) is 4.81. The molecule has 0 saturated carbocycles. The Morgan fingerprint density at radius 3 is 2.88 bits per heavy atom. The summed E-state index contributed by atoms with van der Waals surface area (Å²) in [6, 6.07) is 8.63. The zero-order chi connectivity index (χ0) is 17.4. The highest BCUT2D eigenvalue weighted by Crippen LogP contribution is 2.60. The van der Waals surface area contributed by atoms with Gasteiger partial charge in [-0.3, -0.25) is 9.69 Å². The fraction of sp³-hybridized carbons (Fsp3) is 0.571. The van der Waals surface area contributed by atoms with Gasteiger partial charge in [-0.2, -0.15) is 0 Å². The maximum atomic E-state index is 12.7. The Labute approximate surface area is 148 Å². The van der Waals surface area contributed by atoms with Gasteiger partial charge in [0.1, 0.15) is 0 Å². The minimum atomic E-state index is -1.42. The molecule has 1 aromatic heterocycles. The number of nitrogens with zero attached hydrogens (tertiary/aromatic N) is 2. The summed E-state index contributed by atoms with van der Waals surface area (Å²) < 4.78 is 2.01. The molecule has 0 amide bonds. The van der Waals surface area contributed by atoms with Crippen LogP contribution in [0.5, 0.6) is 0 Å². The fourth-order valence-corrected chi connectivity index (χ4v) is 6.05. The van der Waals surface area contributed by atoms with Crippen LogP contribution in [0.3, 0.4) is 0 Å². The first-order valence-electron chi connectivity index (χ1n) is 9.62. The predicted molar refractivity (Wildman–Crippen MR) is 97.4 cm³/mol. The predicted octanol–water partition coefficient (Wildman–Crippen LogP) is 3.37. The number of piperidine rings is 1. The summed E-state index contributed by atoms with van der Waals surface area (Å²) >= 11 is 0. The molecule has 1 aromatic carbocycles. The average molecular weight is 338 g/mol. The zero-order valence-electron chi connectivity index (χ0n) is 15.1. The molecule has 0 spiro atoms. The van der Waals surface area contributed by atoms with Crippen molar-refractivity contribution in [2.45, 2.75) is 57.7 Å². The number of hydrogen-bond donors (Lipinski definition) is 1. The molecular formula is C21H26N2O2. The molecule has 2 aromatic rings. The molecule has 5 rings (SSSR count). The number of aromatic nitrogens is 1. The van der Waals surface area contributed by atoms with Crippen molar-refractivity contribution >= 4 is 16.7 Å². The first-order valence-corrected chi connectivity index (χ1v) is 9.62. The van der Waals surface area contributed by atoms with E-state index in [1.807, 2.05) is 10.6 Å². The summed E-state index contributed by atoms with van der Waals surface area (Å²) in [7, 11) is 0. The first-order chi connectivity index (χ1) is 12.0. The Hall–Kier alpha value is -1.65. The number of carbonyl (C=O) groups is 1. The van der Waals surface area contributed by atoms with Crippen LogP contribution < -0.4 is 0 Å². The van der Waals surface area contributed by atoms with Crippen LogP contribution in [0.2, 0.25) is 0 Å². The van der Waals surface area contributed by atoms with Gasteiger partial charge in [-0.1, -0.05) is 25.1 Å². The van der Waals surface area contributed by atoms with Crippen LogP contribution in [0.25, 0.3) is 10.9 Å². The number of fused-ring (bicyclic) bond motifs is 3. The SMILES string of the molecule is CC[C@]12CCCN3CCc4c(n(c5ccccc45)[C@@](O)(C(C)=O)C1)[C@@H]32. The van der Waals surface area contributed by atoms with Crippen molar-refractivity contribution < 1.29 is 9.90 Å². The molecule has 25 heavy (non-hydrogen) atoms. The van der Waals surface area contributed by atoms with Crippen LogP contribution in [-0.4, -0.2) is 33.4 Å². The fourth-order valence-electron chi connectivity index (χ4n) is 6.05. The van der Waals surface area contributed by atoms with Crippen molar-refractivity contribution in [3.05, 3.63) is 35.5 Å². The molecule has 1 N–H and O–H groups in total. The first kappa shape index (κ1) is 15.6. The van der Waals surface area contributed by atoms with E-state index in [9.17, 15) is 9.90 Å². The summed E-state index contributed by atoms with van der Waals surface area (Å²) in [6.45, 7) is 6.00. The lowest BCUT2D eigenvalue weighted by atomic mass is 9.62. The molecule has 4 nitrogen and oxygen atoms in total. The average Bonchev–Trinajstić information content (AvgIpc) is 2.96. The second-order valence-corrected chi connectivity index (χ2v) is 8.27. The number of ketones is 1. The summed E-state index contributed by atoms with van der Waals surface area (Å²) in [5.74, 6) is -0.134. The van der Waals surface area contributed by atoms with E-state index in [0.717, 1.165) is 44.3 Å². The Morgan fingerprint density at radius 2 is 2.12 bits per heavy atom. The Bertz CT molecular complexity index is 885. The summed E-state index contributed by atoms with van der Waals surface area (Å²) in [5.41, 5.74) is 2.18. The van der Waals surface area contributed by atoms with Crippen molar-refractivity contribution in [3.63, 3.8) is 0 Å². The molecule has 4 heterocycles. The minimum Gasteiger partial charge on any atom is -0.364 e. The molecular weight excluding hydrogens is 312 g/mol. The minimum absolute atomic E-state index is 0.00177. The van der Waals surface area contributed by atoms with Gasteiger partial charge >= 0.3 is 0 Å². The van der Waals surface area contributed by atoms with E-state index < -0.39 is 5.72 Å². The topological polar surface area (TPSA) is 45.5 Å². The number of aliphatic hydroxyl groups is 1. The Kier molecular flexibility index (Phi) is 3.09. The monoisotopic (exact) mass is 338 g/mol. The van der Waals surface area contributed by atoms with Crippen LogP contribution in [0.4, 0.5) is 0 Å². The lowest BCUT2D eigenvalue weighted by Crippen LogP contribution is -2.59. The third kappa shape index (κ3) is 1.77. The van der Waals surface area contributed by atoms with E-state index in [0.29, 0.717) is 12.5 Å². The molecule has 132 valence electrons. The largest absolute Gasteiger partial charge is 0.364 e. The smallest absolute Gasteiger partial charge is 0.202 e. The third-order valence-corrected chi connectivity index (χ3v) is 7.23. The Morgan fingerprint density at radius 1 is 1.32 bits per heavy atom. The number of hydrogen-bond acceptors (Lipinski definition) is 3. The molecule has 0 bridgehead atoms. The Balaban J connectivity index is 1.91. The van der Waals surface area contributed by atoms with E-state index in [2.05, 4.69) is 30.0 Å². The van der Waals surface area contributed by atoms with Crippen LogP contribution in [-0.2, 0) is 16.9 Å². The van der Waals surface area contributed by atoms with Crippen LogP contribution in [0.15, 0.2) is 24.3 Å². The molecule has 0 radical (unpaired) electrons. The van der Waals surface area contributed by atoms with Gasteiger partial charge in [0.05, 0.1) is 11.6 Å². The number of benzene rings is 1. The lowest BCUT2D eigenvalue weighted by Gasteiger charge is -2.58. The maximum absolute atomic E-state index is 12.7. The van der Waals surface area contributed by atoms with Gasteiger partial charge in [0.2, 0.25) is 5.72 Å². The van der Waals surface area contributed by atoms with E-state index in [-0.39, 0.29) is 11.2 Å². The standard InChI is InChI=1S/C21H26N2O2/c1-3-20-10-6-11-22-12-9-16-15-7-4-5-8-17(15)23(18(16)19(20)22)21(25,13-20)14(2)24/h4-5,7-8,19,25H,3,6,9-13H2,1-2H3/t19-,20+,21+/m1/s1. The van der Waals surface area contributed by atoms with Crippen LogP contribution in [0, 0.1) is 5.41 Å². The number of Topliss-reactive ketones (excluding diaryl/α,β-unsaturated/α-hetero) is 1. The van der Waals surface area contributed by atoms with Gasteiger partial charge in [-0.25, -0.2) is 0 Å². The third-order valence-electron chi connectivity index (χ3n) is 7.23. The van der Waals surface area contributed by atoms with E-state index in [1.165, 1.54) is 16.6 Å². The molecule has 3 aliphatic heterocycles. The van der Waals surface area contributed by atoms with Gasteiger partial charge in [0.15, 0.2) is 5.78 Å². The number of rotatable bonds is 2. The van der Waals surface area contributed by atoms with Gasteiger partial charge < -0.3 is 9.67 Å². The molecule has 0 unspecified atom stereocenters. The number of carbonyl (C=O) groups excluding carboxylic acids is 1. The van der Waals surface area contributed by atoms with E-state index in [4.69, 9.17) is 0 Å². The maximum Gasteiger partial charge on any atom is 0.202 e. The quantitative estimate of drug-likeness (QED) is 0.913. The van der Waals surface area contributed by atoms with Gasteiger partial charge in [-0.05, 0) is 56.2 Å². The van der Waals surface area contributed by atoms with Crippen molar-refractivity contribution in [1.82, 2.24) is 9.47 Å². The summed E-state index contributed by atoms with van der Waals surface area (Å²) in [4.78, 5) is 15.3. The summed E-state index contributed by atoms with van der Waals surface area (Å²) in [5, 5.41) is 12.9. The highest BCUT2D eigenvalue weighted by molar-refractivity contribution is 5.91. The second-order valence-electron chi connectivity index (χ2n) is 8.27. The lowest BCUT2D eigenvalue weighted by molar-refractivity contribution is -0.169. The second kappa shape index (κ2) is 4.95. The van der Waals surface area contributed by atoms with E-state index >= 15 is 0 Å². The normalized spacial score (nSPS) is 34.1. The van der Waals surface area contributed by atoms with Gasteiger partial charge in [-0.15, -0.1) is 0 Å². The van der Waals surface area contributed by atoms with Crippen molar-refractivity contribution in [2.75, 3.05) is 13.1 Å². The molecule has 3 atom stereocenters. The van der Waals surface area contributed by atoms with Crippen LogP contribution in [0.1, 0.15) is 56.8 Å². The molecule has 0 aliphatic carbocycles. The molecule has 4 heteroatoms. The van der Waals surface area contributed by atoms with Crippen LogP contribution >= 0.6 is 0 Å². The molecule has 3 aliphatic rings. The van der Waals surface area contributed by atoms with Crippen molar-refractivity contribution in [3.8, 4) is 0 Å². The molecule has 1 saturated heterocycles. The van der Waals surface area contributed by atoms with Crippen molar-refractivity contribution in [2.24, 2.45) is 5.41 Å². The van der Waals surface area contributed by atoms with Gasteiger partial charge in [0.25, 0.3) is 0 Å².